The van der Waals surface area contributed by atoms with Gasteiger partial charge in [0.2, 0.25) is 5.91 Å². The van der Waals surface area contributed by atoms with Gasteiger partial charge in [0.25, 0.3) is 5.56 Å². The van der Waals surface area contributed by atoms with Gasteiger partial charge in [0.1, 0.15) is 0 Å². The average Bonchev–Trinajstić information content (AvgIpc) is 3.64. The molecule has 2 aliphatic carbocycles. The molecule has 6 nitrogen and oxygen atoms in total. The van der Waals surface area contributed by atoms with Crippen molar-refractivity contribution in [2.75, 3.05) is 0 Å². The van der Waals surface area contributed by atoms with Crippen LogP contribution >= 0.6 is 11.6 Å². The molecule has 0 spiro atoms. The van der Waals surface area contributed by atoms with Crippen LogP contribution in [0, 0.1) is 0 Å². The number of sulfone groups is 1. The largest absolute Gasteiger partial charge is 0.350 e. The summed E-state index contributed by atoms with van der Waals surface area (Å²) >= 11 is 6.42. The Morgan fingerprint density at radius 2 is 1.81 bits per heavy atom. The van der Waals surface area contributed by atoms with Crippen LogP contribution in [0.3, 0.4) is 0 Å². The smallest absolute Gasteiger partial charge is 0.251 e. The first-order valence-corrected chi connectivity index (χ1v) is 12.5. The normalized spacial score (nSPS) is 21.9. The van der Waals surface area contributed by atoms with E-state index in [2.05, 4.69) is 10.3 Å². The topological polar surface area (TPSA) is 96.1 Å². The van der Waals surface area contributed by atoms with E-state index in [9.17, 15) is 18.0 Å². The number of aromatic nitrogens is 1. The molecule has 1 aromatic carbocycles. The molecular weight excluding hydrogens is 436 g/mol. The third kappa shape index (κ3) is 4.08. The molecule has 2 saturated carbocycles. The van der Waals surface area contributed by atoms with E-state index in [1.807, 2.05) is 18.2 Å². The van der Waals surface area contributed by atoms with Crippen LogP contribution in [0.2, 0.25) is 5.02 Å². The van der Waals surface area contributed by atoms with Crippen molar-refractivity contribution in [1.29, 1.82) is 0 Å². The quantitative estimate of drug-likeness (QED) is 0.691. The van der Waals surface area contributed by atoms with Gasteiger partial charge in [0, 0.05) is 29.3 Å². The highest BCUT2D eigenvalue weighted by Crippen LogP contribution is 2.39. The summed E-state index contributed by atoms with van der Waals surface area (Å²) in [5.74, 6) is 0.322. The fraction of sp³-hybridized carbons (Fsp3) is 0.391. The highest BCUT2D eigenvalue weighted by molar-refractivity contribution is 7.92. The van der Waals surface area contributed by atoms with Gasteiger partial charge in [-0.1, -0.05) is 29.8 Å². The third-order valence-corrected chi connectivity index (χ3v) is 8.90. The summed E-state index contributed by atoms with van der Waals surface area (Å²) in [4.78, 5) is 27.4. The van der Waals surface area contributed by atoms with Gasteiger partial charge in [0.15, 0.2) is 9.84 Å². The van der Waals surface area contributed by atoms with Crippen molar-refractivity contribution >= 4 is 32.9 Å². The molecule has 0 unspecified atom stereocenters. The molecule has 1 aliphatic heterocycles. The molecule has 1 amide bonds. The Labute approximate surface area is 185 Å². The SMILES string of the molecule is O=C1CC[C@H](/C=C(\c2ccc(S(=O)(=O)C3CC3)c(Cl)c2)c2ccc(C3CC3)c(=O)[nH]2)N1. The Bertz CT molecular complexity index is 1260. The fourth-order valence-corrected chi connectivity index (χ4v) is 6.33. The predicted octanol–water partition coefficient (Wildman–Crippen LogP) is 3.55. The molecular formula is C23H23ClN2O4S. The lowest BCUT2D eigenvalue weighted by atomic mass is 9.98. The van der Waals surface area contributed by atoms with E-state index in [1.165, 1.54) is 0 Å². The van der Waals surface area contributed by atoms with Gasteiger partial charge in [-0.2, -0.15) is 0 Å². The molecule has 0 radical (unpaired) electrons. The number of amides is 1. The van der Waals surface area contributed by atoms with Gasteiger partial charge < -0.3 is 10.3 Å². The fourth-order valence-electron chi connectivity index (χ4n) is 4.12. The van der Waals surface area contributed by atoms with Gasteiger partial charge in [-0.25, -0.2) is 8.42 Å². The Morgan fingerprint density at radius 3 is 2.39 bits per heavy atom. The molecule has 5 rings (SSSR count). The molecule has 31 heavy (non-hydrogen) atoms. The summed E-state index contributed by atoms with van der Waals surface area (Å²) in [6.07, 6.45) is 6.42. The number of rotatable bonds is 6. The van der Waals surface area contributed by atoms with Crippen LogP contribution in [-0.2, 0) is 14.6 Å². The summed E-state index contributed by atoms with van der Waals surface area (Å²) in [5.41, 5.74) is 2.70. The number of halogens is 1. The molecule has 1 aromatic heterocycles. The first kappa shape index (κ1) is 20.5. The van der Waals surface area contributed by atoms with Gasteiger partial charge >= 0.3 is 0 Å². The highest BCUT2D eigenvalue weighted by atomic mass is 35.5. The maximum absolute atomic E-state index is 12.6. The molecule has 3 fully saturated rings. The van der Waals surface area contributed by atoms with Crippen LogP contribution < -0.4 is 10.9 Å². The zero-order chi connectivity index (χ0) is 21.8. The number of pyridine rings is 1. The monoisotopic (exact) mass is 458 g/mol. The lowest BCUT2D eigenvalue weighted by Crippen LogP contribution is -2.23. The second kappa shape index (κ2) is 7.64. The molecule has 8 heteroatoms. The first-order valence-electron chi connectivity index (χ1n) is 10.6. The molecule has 0 bridgehead atoms. The van der Waals surface area contributed by atoms with Crippen molar-refractivity contribution in [3.8, 4) is 0 Å². The Kier molecular flexibility index (Phi) is 5.06. The van der Waals surface area contributed by atoms with Crippen LogP contribution in [0.5, 0.6) is 0 Å². The first-order chi connectivity index (χ1) is 14.8. The number of carbonyl (C=O) groups is 1. The Morgan fingerprint density at radius 1 is 1.03 bits per heavy atom. The van der Waals surface area contributed by atoms with Gasteiger partial charge in [0.05, 0.1) is 15.2 Å². The van der Waals surface area contributed by atoms with Gasteiger partial charge in [-0.15, -0.1) is 0 Å². The second-order valence-corrected chi connectivity index (χ2v) is 11.2. The molecule has 2 heterocycles. The van der Waals surface area contributed by atoms with Crippen LogP contribution in [-0.4, -0.2) is 30.6 Å². The number of hydrogen-bond donors (Lipinski definition) is 2. The average molecular weight is 459 g/mol. The van der Waals surface area contributed by atoms with Crippen molar-refractivity contribution in [3.05, 3.63) is 68.6 Å². The number of aromatic amines is 1. The van der Waals surface area contributed by atoms with Crippen molar-refractivity contribution in [3.63, 3.8) is 0 Å². The molecule has 162 valence electrons. The Hall–Kier alpha value is -2.38. The number of H-pyrrole nitrogens is 1. The second-order valence-electron chi connectivity index (χ2n) is 8.61. The van der Waals surface area contributed by atoms with Crippen LogP contribution in [0.4, 0.5) is 0 Å². The van der Waals surface area contributed by atoms with Crippen molar-refractivity contribution in [2.45, 2.75) is 60.6 Å². The lowest BCUT2D eigenvalue weighted by molar-refractivity contribution is -0.119. The molecule has 2 aromatic rings. The summed E-state index contributed by atoms with van der Waals surface area (Å²) < 4.78 is 25.3. The minimum atomic E-state index is -3.41. The predicted molar refractivity (Wildman–Crippen MR) is 119 cm³/mol. The zero-order valence-electron chi connectivity index (χ0n) is 16.9. The summed E-state index contributed by atoms with van der Waals surface area (Å²) in [5, 5.41) is 2.74. The lowest BCUT2D eigenvalue weighted by Gasteiger charge is -2.14. The minimum absolute atomic E-state index is 0.0120. The van der Waals surface area contributed by atoms with E-state index in [0.717, 1.165) is 18.4 Å². The maximum Gasteiger partial charge on any atom is 0.251 e. The molecule has 1 saturated heterocycles. The number of nitrogens with one attached hydrogen (secondary N) is 2. The molecule has 3 aliphatic rings. The van der Waals surface area contributed by atoms with Crippen LogP contribution in [0.1, 0.15) is 61.3 Å². The van der Waals surface area contributed by atoms with E-state index < -0.39 is 9.84 Å². The van der Waals surface area contributed by atoms with Crippen LogP contribution in [0.15, 0.2) is 46.1 Å². The number of carbonyl (C=O) groups excluding carboxylic acids is 1. The highest BCUT2D eigenvalue weighted by Gasteiger charge is 2.38. The number of benzene rings is 1. The standard InChI is InChI=1S/C23H23ClN2O4S/c24-19-11-14(3-9-21(19)31(29,30)16-5-6-16)18(12-15-4-10-22(27)25-15)20-8-7-17(13-1-2-13)23(28)26-20/h3,7-9,11-13,15-16H,1-2,4-6,10H2,(H,25,27)(H,26,28)/b18-12+/t15-/m1/s1. The third-order valence-electron chi connectivity index (χ3n) is 6.16. The van der Waals surface area contributed by atoms with E-state index in [0.29, 0.717) is 48.4 Å². The minimum Gasteiger partial charge on any atom is -0.350 e. The summed E-state index contributed by atoms with van der Waals surface area (Å²) in [6.45, 7) is 0. The Balaban J connectivity index is 1.57. The number of hydrogen-bond acceptors (Lipinski definition) is 4. The van der Waals surface area contributed by atoms with E-state index in [1.54, 1.807) is 18.2 Å². The van der Waals surface area contributed by atoms with Gasteiger partial charge in [-0.05, 0) is 61.8 Å². The molecule has 1 atom stereocenters. The van der Waals surface area contributed by atoms with E-state index in [4.69, 9.17) is 11.6 Å². The summed E-state index contributed by atoms with van der Waals surface area (Å²) in [6, 6.07) is 8.47. The zero-order valence-corrected chi connectivity index (χ0v) is 18.4. The van der Waals surface area contributed by atoms with Crippen molar-refractivity contribution < 1.29 is 13.2 Å². The maximum atomic E-state index is 12.6. The van der Waals surface area contributed by atoms with E-state index in [-0.39, 0.29) is 32.7 Å². The summed E-state index contributed by atoms with van der Waals surface area (Å²) in [7, 11) is -3.41. The van der Waals surface area contributed by atoms with Gasteiger partial charge in [-0.3, -0.25) is 9.59 Å². The van der Waals surface area contributed by atoms with Crippen molar-refractivity contribution in [1.82, 2.24) is 10.3 Å². The van der Waals surface area contributed by atoms with E-state index >= 15 is 0 Å². The molecule has 2 N–H and O–H groups in total. The van der Waals surface area contributed by atoms with Crippen LogP contribution in [0.25, 0.3) is 5.57 Å². The van der Waals surface area contributed by atoms with Crippen molar-refractivity contribution in [2.24, 2.45) is 0 Å².